The molecule has 0 aliphatic carbocycles. The molecule has 1 aromatic heterocycles. The van der Waals surface area contributed by atoms with Crippen molar-refractivity contribution < 1.29 is 22.4 Å². The molecule has 0 bridgehead atoms. The molecule has 0 atom stereocenters. The van der Waals surface area contributed by atoms with Crippen molar-refractivity contribution >= 4 is 17.2 Å². The van der Waals surface area contributed by atoms with Crippen LogP contribution in [0.5, 0.6) is 0 Å². The van der Waals surface area contributed by atoms with E-state index in [2.05, 4.69) is 4.99 Å². The maximum atomic E-state index is 14.0. The Hall–Kier alpha value is -1.96. The third kappa shape index (κ3) is 5.28. The van der Waals surface area contributed by atoms with Gasteiger partial charge in [0, 0.05) is 17.6 Å². The molecule has 0 aliphatic rings. The van der Waals surface area contributed by atoms with E-state index in [1.165, 1.54) is 11.3 Å². The van der Waals surface area contributed by atoms with Gasteiger partial charge in [-0.15, -0.1) is 11.3 Å². The van der Waals surface area contributed by atoms with E-state index in [0.717, 1.165) is 17.7 Å². The molecule has 0 saturated carbocycles. The second kappa shape index (κ2) is 7.96. The lowest BCUT2D eigenvalue weighted by Crippen LogP contribution is -2.17. The van der Waals surface area contributed by atoms with Crippen LogP contribution in [0, 0.1) is 5.82 Å². The summed E-state index contributed by atoms with van der Waals surface area (Å²) in [6.45, 7) is 8.70. The number of aromatic nitrogens is 1. The van der Waals surface area contributed by atoms with Gasteiger partial charge in [-0.05, 0) is 30.0 Å². The van der Waals surface area contributed by atoms with Crippen molar-refractivity contribution in [1.82, 2.24) is 4.57 Å². The van der Waals surface area contributed by atoms with Crippen LogP contribution in [0.25, 0.3) is 0 Å². The Morgan fingerprint density at radius 1 is 1.22 bits per heavy atom. The smallest absolute Gasteiger partial charge is 0.323 e. The zero-order chi connectivity index (χ0) is 20.4. The number of aryl methyl sites for hydroxylation is 1. The number of carbonyl (C=O) groups is 1. The van der Waals surface area contributed by atoms with Gasteiger partial charge in [0.15, 0.2) is 4.80 Å². The molecule has 3 nitrogen and oxygen atoms in total. The third-order valence-corrected chi connectivity index (χ3v) is 5.38. The minimum atomic E-state index is -4.66. The lowest BCUT2D eigenvalue weighted by Gasteiger charge is -2.14. The van der Waals surface area contributed by atoms with Crippen molar-refractivity contribution in [3.8, 4) is 0 Å². The van der Waals surface area contributed by atoms with Gasteiger partial charge in [0.2, 0.25) is 0 Å². The third-order valence-electron chi connectivity index (χ3n) is 3.93. The summed E-state index contributed by atoms with van der Waals surface area (Å²) in [5, 5.41) is 0. The van der Waals surface area contributed by atoms with Gasteiger partial charge >= 0.3 is 6.18 Å². The molecule has 0 fully saturated rings. The van der Waals surface area contributed by atoms with Gasteiger partial charge in [-0.3, -0.25) is 4.79 Å². The van der Waals surface area contributed by atoms with Gasteiger partial charge in [0.05, 0.1) is 11.1 Å². The molecule has 1 heterocycles. The second-order valence-corrected chi connectivity index (χ2v) is 8.29. The molecule has 2 aromatic rings. The standard InChI is InChI=1S/C19H22F4N2OS/c1-5-6-9-25-11-15(18(2,3)4)27-17(25)24-16(26)13-10-12(19(21,22)23)7-8-14(13)20/h7-8,10-11H,5-6,9H2,1-4H3/b24-17-. The number of amides is 1. The highest BCUT2D eigenvalue weighted by molar-refractivity contribution is 7.09. The monoisotopic (exact) mass is 402 g/mol. The van der Waals surface area contributed by atoms with Crippen molar-refractivity contribution in [2.45, 2.75) is 58.7 Å². The Morgan fingerprint density at radius 2 is 1.89 bits per heavy atom. The van der Waals surface area contributed by atoms with E-state index in [4.69, 9.17) is 0 Å². The summed E-state index contributed by atoms with van der Waals surface area (Å²) in [6, 6.07) is 1.76. The molecule has 0 unspecified atom stereocenters. The molecule has 0 spiro atoms. The minimum Gasteiger partial charge on any atom is -0.323 e. The van der Waals surface area contributed by atoms with Crippen LogP contribution in [-0.4, -0.2) is 10.5 Å². The van der Waals surface area contributed by atoms with Crippen molar-refractivity contribution in [2.24, 2.45) is 4.99 Å². The lowest BCUT2D eigenvalue weighted by atomic mass is 9.95. The average Bonchev–Trinajstić information content (AvgIpc) is 2.95. The molecule has 0 N–H and O–H groups in total. The molecule has 0 saturated heterocycles. The van der Waals surface area contributed by atoms with E-state index in [1.54, 1.807) is 4.57 Å². The van der Waals surface area contributed by atoms with Gasteiger partial charge in [0.25, 0.3) is 5.91 Å². The number of carbonyl (C=O) groups excluding carboxylic acids is 1. The Kier molecular flexibility index (Phi) is 6.29. The van der Waals surface area contributed by atoms with E-state index in [0.29, 0.717) is 29.5 Å². The first-order valence-electron chi connectivity index (χ1n) is 8.60. The highest BCUT2D eigenvalue weighted by Gasteiger charge is 2.32. The van der Waals surface area contributed by atoms with Crippen molar-refractivity contribution in [2.75, 3.05) is 0 Å². The first-order chi connectivity index (χ1) is 12.4. The largest absolute Gasteiger partial charge is 0.416 e. The number of alkyl halides is 3. The molecule has 8 heteroatoms. The summed E-state index contributed by atoms with van der Waals surface area (Å²) < 4.78 is 54.3. The summed E-state index contributed by atoms with van der Waals surface area (Å²) >= 11 is 1.29. The summed E-state index contributed by atoms with van der Waals surface area (Å²) in [5.41, 5.74) is -1.93. The number of hydrogen-bond acceptors (Lipinski definition) is 2. The molecule has 1 amide bonds. The zero-order valence-electron chi connectivity index (χ0n) is 15.7. The number of rotatable bonds is 4. The summed E-state index contributed by atoms with van der Waals surface area (Å²) in [6.07, 6.45) is -0.968. The molecular weight excluding hydrogens is 380 g/mol. The fraction of sp³-hybridized carbons (Fsp3) is 0.474. The Morgan fingerprint density at radius 3 is 2.44 bits per heavy atom. The number of halogens is 4. The lowest BCUT2D eigenvalue weighted by molar-refractivity contribution is -0.137. The van der Waals surface area contributed by atoms with Crippen molar-refractivity contribution in [3.63, 3.8) is 0 Å². The first kappa shape index (κ1) is 21.3. The quantitative estimate of drug-likeness (QED) is 0.618. The molecule has 148 valence electrons. The highest BCUT2D eigenvalue weighted by atomic mass is 32.1. The second-order valence-electron chi connectivity index (χ2n) is 7.28. The Balaban J connectivity index is 2.52. The number of unbranched alkanes of at least 4 members (excludes halogenated alkanes) is 1. The predicted octanol–water partition coefficient (Wildman–Crippen LogP) is 5.55. The topological polar surface area (TPSA) is 34.4 Å². The maximum absolute atomic E-state index is 14.0. The normalized spacial score (nSPS) is 13.3. The number of thiazole rings is 1. The average molecular weight is 402 g/mol. The van der Waals surface area contributed by atoms with Crippen LogP contribution >= 0.6 is 11.3 Å². The van der Waals surface area contributed by atoms with E-state index in [-0.39, 0.29) is 5.41 Å². The molecule has 2 rings (SSSR count). The van der Waals surface area contributed by atoms with Gasteiger partial charge in [-0.2, -0.15) is 18.2 Å². The van der Waals surface area contributed by atoms with Crippen LogP contribution in [0.1, 0.15) is 61.3 Å². The van der Waals surface area contributed by atoms with Crippen LogP contribution in [0.15, 0.2) is 29.4 Å². The number of benzene rings is 1. The zero-order valence-corrected chi connectivity index (χ0v) is 16.5. The van der Waals surface area contributed by atoms with E-state index < -0.39 is 29.0 Å². The highest BCUT2D eigenvalue weighted by Crippen LogP contribution is 2.30. The number of nitrogens with zero attached hydrogens (tertiary/aromatic N) is 2. The molecule has 1 aromatic carbocycles. The number of hydrogen-bond donors (Lipinski definition) is 0. The molecule has 0 aliphatic heterocycles. The van der Waals surface area contributed by atoms with E-state index in [9.17, 15) is 22.4 Å². The van der Waals surface area contributed by atoms with Crippen LogP contribution in [-0.2, 0) is 18.1 Å². The Bertz CT molecular complexity index is 888. The Labute approximate surface area is 159 Å². The van der Waals surface area contributed by atoms with Crippen LogP contribution in [0.4, 0.5) is 17.6 Å². The van der Waals surface area contributed by atoms with E-state index in [1.807, 2.05) is 33.9 Å². The fourth-order valence-corrected chi connectivity index (χ4v) is 3.39. The van der Waals surface area contributed by atoms with Crippen LogP contribution in [0.2, 0.25) is 0 Å². The molecule has 27 heavy (non-hydrogen) atoms. The van der Waals surface area contributed by atoms with Gasteiger partial charge < -0.3 is 4.57 Å². The van der Waals surface area contributed by atoms with Gasteiger partial charge in [0.1, 0.15) is 5.82 Å². The summed E-state index contributed by atoms with van der Waals surface area (Å²) in [4.78, 5) is 17.7. The SMILES string of the molecule is CCCCn1cc(C(C)(C)C)s/c1=N\C(=O)c1cc(C(F)(F)F)ccc1F. The maximum Gasteiger partial charge on any atom is 0.416 e. The summed E-state index contributed by atoms with van der Waals surface area (Å²) in [5.74, 6) is -2.05. The van der Waals surface area contributed by atoms with Crippen molar-refractivity contribution in [3.05, 3.63) is 51.0 Å². The van der Waals surface area contributed by atoms with Crippen LogP contribution < -0.4 is 4.80 Å². The van der Waals surface area contributed by atoms with E-state index >= 15 is 0 Å². The minimum absolute atomic E-state index is 0.170. The first-order valence-corrected chi connectivity index (χ1v) is 9.41. The van der Waals surface area contributed by atoms with Gasteiger partial charge in [-0.1, -0.05) is 34.1 Å². The molecular formula is C19H22F4N2OS. The predicted molar refractivity (Wildman–Crippen MR) is 97.2 cm³/mol. The fourth-order valence-electron chi connectivity index (χ4n) is 2.32. The van der Waals surface area contributed by atoms with Crippen LogP contribution in [0.3, 0.4) is 0 Å². The van der Waals surface area contributed by atoms with Crippen molar-refractivity contribution in [1.29, 1.82) is 0 Å². The summed E-state index contributed by atoms with van der Waals surface area (Å²) in [7, 11) is 0. The molecule has 0 radical (unpaired) electrons. The van der Waals surface area contributed by atoms with Gasteiger partial charge in [-0.25, -0.2) is 4.39 Å².